The minimum absolute atomic E-state index is 0.137. The predicted molar refractivity (Wildman–Crippen MR) is 138 cm³/mol. The summed E-state index contributed by atoms with van der Waals surface area (Å²) in [6, 6.07) is -0.526. The van der Waals surface area contributed by atoms with Crippen LogP contribution in [-0.4, -0.2) is 69.6 Å². The maximum Gasteiger partial charge on any atom is 0.223 e. The van der Waals surface area contributed by atoms with Crippen molar-refractivity contribution in [2.24, 2.45) is 11.3 Å². The molecule has 1 aromatic heterocycles. The maximum atomic E-state index is 13.4. The fraction of sp³-hybridized carbons (Fsp3) is 0.731. The van der Waals surface area contributed by atoms with Crippen molar-refractivity contribution in [2.45, 2.75) is 102 Å². The molecule has 3 aliphatic rings. The van der Waals surface area contributed by atoms with Gasteiger partial charge in [0, 0.05) is 35.8 Å². The molecule has 4 rings (SSSR count). The van der Waals surface area contributed by atoms with Crippen LogP contribution >= 0.6 is 22.9 Å². The van der Waals surface area contributed by atoms with E-state index in [0.717, 1.165) is 17.1 Å². The Morgan fingerprint density at radius 3 is 2.61 bits per heavy atom. The highest BCUT2D eigenvalue weighted by molar-refractivity contribution is 7.09. The van der Waals surface area contributed by atoms with Gasteiger partial charge in [-0.2, -0.15) is 0 Å². The van der Waals surface area contributed by atoms with Crippen molar-refractivity contribution in [1.29, 1.82) is 0 Å². The molecule has 10 heteroatoms. The van der Waals surface area contributed by atoms with Gasteiger partial charge in [-0.05, 0) is 39.7 Å². The Balaban J connectivity index is 1.58. The Labute approximate surface area is 221 Å². The number of carbonyl (C=O) groups excluding carboxylic acids is 2. The van der Waals surface area contributed by atoms with Gasteiger partial charge >= 0.3 is 0 Å². The largest absolute Gasteiger partial charge is 0.392 e. The summed E-state index contributed by atoms with van der Waals surface area (Å²) < 4.78 is 11.9. The summed E-state index contributed by atoms with van der Waals surface area (Å²) in [7, 11) is 0. The number of ketones is 1. The number of carbonyl (C=O) groups is 2. The molecule has 1 aromatic rings. The minimum Gasteiger partial charge on any atom is -0.392 e. The number of amides is 1. The molecule has 0 radical (unpaired) electrons. The molecular formula is C26H37ClN2O6S. The lowest BCUT2D eigenvalue weighted by molar-refractivity contribution is -0.157. The van der Waals surface area contributed by atoms with E-state index in [4.69, 9.17) is 21.1 Å². The molecule has 1 spiro atoms. The number of thiazole rings is 1. The Morgan fingerprint density at radius 1 is 1.28 bits per heavy atom. The lowest BCUT2D eigenvalue weighted by Crippen LogP contribution is -2.54. The quantitative estimate of drug-likeness (QED) is 0.492. The number of aliphatic hydroxyl groups is 2. The van der Waals surface area contributed by atoms with E-state index in [0.29, 0.717) is 37.3 Å². The normalized spacial score (nSPS) is 38.2. The van der Waals surface area contributed by atoms with Gasteiger partial charge in [0.15, 0.2) is 0 Å². The molecule has 3 fully saturated rings. The van der Waals surface area contributed by atoms with Crippen LogP contribution in [0.5, 0.6) is 0 Å². The van der Waals surface area contributed by atoms with Crippen molar-refractivity contribution in [2.75, 3.05) is 6.61 Å². The number of halogens is 1. The summed E-state index contributed by atoms with van der Waals surface area (Å²) in [4.78, 5) is 31.0. The Morgan fingerprint density at radius 2 is 2.00 bits per heavy atom. The predicted octanol–water partition coefficient (Wildman–Crippen LogP) is 3.36. The molecular weight excluding hydrogens is 504 g/mol. The zero-order valence-electron chi connectivity index (χ0n) is 21.3. The number of ether oxygens (including phenoxy) is 2. The summed E-state index contributed by atoms with van der Waals surface area (Å²) in [5.41, 5.74) is -0.743. The lowest BCUT2D eigenvalue weighted by atomic mass is 9.59. The number of hydrogen-bond donors (Lipinski definition) is 3. The summed E-state index contributed by atoms with van der Waals surface area (Å²) in [5, 5.41) is 28.1. The number of rotatable bonds is 2. The average molecular weight is 541 g/mol. The van der Waals surface area contributed by atoms with Gasteiger partial charge in [0.05, 0.1) is 58.6 Å². The molecule has 7 atom stereocenters. The Kier molecular flexibility index (Phi) is 8.29. The van der Waals surface area contributed by atoms with Crippen LogP contribution in [0.15, 0.2) is 10.4 Å². The second-order valence-electron chi connectivity index (χ2n) is 10.8. The molecule has 2 saturated heterocycles. The Hall–Kier alpha value is -1.36. The molecule has 3 N–H and O–H groups in total. The summed E-state index contributed by atoms with van der Waals surface area (Å²) in [6.45, 7) is 7.68. The smallest absolute Gasteiger partial charge is 0.223 e. The number of aromatic nitrogens is 1. The van der Waals surface area contributed by atoms with E-state index in [2.05, 4.69) is 10.3 Å². The minimum atomic E-state index is -1.15. The third-order valence-corrected chi connectivity index (χ3v) is 9.38. The van der Waals surface area contributed by atoms with Crippen LogP contribution in [0.1, 0.15) is 70.0 Å². The van der Waals surface area contributed by atoms with Crippen LogP contribution in [0.25, 0.3) is 6.08 Å². The highest BCUT2D eigenvalue weighted by Gasteiger charge is 2.54. The maximum absolute atomic E-state index is 13.4. The van der Waals surface area contributed by atoms with E-state index in [1.54, 1.807) is 19.9 Å². The van der Waals surface area contributed by atoms with E-state index >= 15 is 0 Å². The number of Topliss-reactive ketones (excluding diaryl/α,β-unsaturated/α-hetero) is 1. The van der Waals surface area contributed by atoms with Crippen LogP contribution in [0.4, 0.5) is 0 Å². The first-order valence-corrected chi connectivity index (χ1v) is 14.0. The van der Waals surface area contributed by atoms with Crippen LogP contribution in [0, 0.1) is 18.3 Å². The van der Waals surface area contributed by atoms with E-state index in [9.17, 15) is 19.8 Å². The zero-order valence-corrected chi connectivity index (χ0v) is 22.9. The standard InChI is InChI=1S/C26H37ClN2O6S/c1-14-23(32)15(2)34-9-8-25(4)21(35-25)11-19(18(27)10-17-13-36-16(3)28-17)29-22(31)12-20(30)26(24(14)33)6-5-7-26/h10,13-15,19-21,23,30,32H,5-9,11-12H2,1-4H3,(H,29,31)/t14-,15-,19+,20+,21+,23+,25-/m1/s1. The van der Waals surface area contributed by atoms with Crippen LogP contribution in [0.2, 0.25) is 0 Å². The summed E-state index contributed by atoms with van der Waals surface area (Å²) in [5.74, 6) is -1.32. The van der Waals surface area contributed by atoms with Crippen LogP contribution < -0.4 is 5.32 Å². The van der Waals surface area contributed by atoms with Gasteiger partial charge < -0.3 is 25.0 Å². The third-order valence-electron chi connectivity index (χ3n) is 8.21. The molecule has 3 heterocycles. The average Bonchev–Trinajstić information content (AvgIpc) is 3.22. The van der Waals surface area contributed by atoms with E-state index < -0.39 is 41.3 Å². The highest BCUT2D eigenvalue weighted by atomic mass is 35.5. The number of hydrogen-bond acceptors (Lipinski definition) is 8. The summed E-state index contributed by atoms with van der Waals surface area (Å²) >= 11 is 8.21. The number of nitrogens with zero attached hydrogens (tertiary/aromatic N) is 1. The van der Waals surface area contributed by atoms with Crippen molar-refractivity contribution >= 4 is 40.7 Å². The van der Waals surface area contributed by atoms with E-state index in [1.807, 2.05) is 19.2 Å². The SMILES string of the molecule is Cc1nc(C=C(Cl)[C@@H]2C[C@@H]3O[C@]3(C)CCO[C@H](C)[C@@H](O)[C@@H](C)C(=O)C3(CCC3)[C@@H](O)CC(=O)N2)cs1. The van der Waals surface area contributed by atoms with Crippen LogP contribution in [-0.2, 0) is 19.1 Å². The first kappa shape index (κ1) is 27.7. The second-order valence-corrected chi connectivity index (χ2v) is 12.3. The number of fused-ring (bicyclic) bond motifs is 1. The molecule has 200 valence electrons. The molecule has 1 saturated carbocycles. The van der Waals surface area contributed by atoms with Gasteiger partial charge in [-0.1, -0.05) is 24.9 Å². The number of aryl methyl sites for hydroxylation is 1. The topological polar surface area (TPSA) is 121 Å². The molecule has 8 nitrogen and oxygen atoms in total. The molecule has 1 aliphatic carbocycles. The summed E-state index contributed by atoms with van der Waals surface area (Å²) in [6.07, 6.45) is 1.52. The third kappa shape index (κ3) is 5.71. The Bertz CT molecular complexity index is 1010. The van der Waals surface area contributed by atoms with Crippen molar-refractivity contribution in [1.82, 2.24) is 10.3 Å². The van der Waals surface area contributed by atoms with Gasteiger partial charge in [0.2, 0.25) is 5.91 Å². The first-order valence-electron chi connectivity index (χ1n) is 12.7. The van der Waals surface area contributed by atoms with Gasteiger partial charge in [-0.25, -0.2) is 4.98 Å². The second kappa shape index (κ2) is 10.8. The molecule has 36 heavy (non-hydrogen) atoms. The van der Waals surface area contributed by atoms with Gasteiger partial charge in [0.25, 0.3) is 0 Å². The fourth-order valence-electron chi connectivity index (χ4n) is 5.44. The zero-order chi connectivity index (χ0) is 26.3. The molecule has 0 aromatic carbocycles. The highest BCUT2D eigenvalue weighted by Crippen LogP contribution is 2.48. The van der Waals surface area contributed by atoms with Gasteiger partial charge in [0.1, 0.15) is 5.78 Å². The molecule has 0 bridgehead atoms. The van der Waals surface area contributed by atoms with Crippen LogP contribution in [0.3, 0.4) is 0 Å². The molecule has 0 unspecified atom stereocenters. The van der Waals surface area contributed by atoms with Gasteiger partial charge in [-0.3, -0.25) is 9.59 Å². The van der Waals surface area contributed by atoms with Crippen molar-refractivity contribution < 1.29 is 29.3 Å². The number of aliphatic hydroxyl groups excluding tert-OH is 2. The van der Waals surface area contributed by atoms with Crippen molar-refractivity contribution in [3.8, 4) is 0 Å². The lowest BCUT2D eigenvalue weighted by Gasteiger charge is -2.46. The van der Waals surface area contributed by atoms with E-state index in [-0.39, 0.29) is 24.2 Å². The first-order chi connectivity index (χ1) is 16.9. The van der Waals surface area contributed by atoms with Crippen molar-refractivity contribution in [3.63, 3.8) is 0 Å². The molecule has 1 amide bonds. The van der Waals surface area contributed by atoms with E-state index in [1.165, 1.54) is 11.3 Å². The monoisotopic (exact) mass is 540 g/mol. The number of epoxide rings is 1. The number of nitrogens with one attached hydrogen (secondary N) is 1. The van der Waals surface area contributed by atoms with Crippen molar-refractivity contribution in [3.05, 3.63) is 21.1 Å². The molecule has 2 aliphatic heterocycles. The fourth-order valence-corrected chi connectivity index (χ4v) is 6.26. The van der Waals surface area contributed by atoms with Gasteiger partial charge in [-0.15, -0.1) is 11.3 Å².